The Hall–Kier alpha value is -1.02. The lowest BCUT2D eigenvalue weighted by atomic mass is 10.1. The average Bonchev–Trinajstić information content (AvgIpc) is 2.72. The van der Waals surface area contributed by atoms with Gasteiger partial charge in [-0.2, -0.15) is 0 Å². The van der Waals surface area contributed by atoms with Crippen LogP contribution in [-0.4, -0.2) is 11.5 Å². The summed E-state index contributed by atoms with van der Waals surface area (Å²) in [6.45, 7) is 0. The summed E-state index contributed by atoms with van der Waals surface area (Å²) in [4.78, 5) is 11.8. The van der Waals surface area contributed by atoms with Gasteiger partial charge in [0.15, 0.2) is 5.78 Å². The summed E-state index contributed by atoms with van der Waals surface area (Å²) < 4.78 is 0. The quantitative estimate of drug-likeness (QED) is 0.622. The Balaban J connectivity index is 2.27. The van der Waals surface area contributed by atoms with Gasteiger partial charge in [-0.05, 0) is 5.56 Å². The minimum Gasteiger partial charge on any atom is -0.289 e. The van der Waals surface area contributed by atoms with E-state index >= 15 is 0 Å². The van der Waals surface area contributed by atoms with E-state index in [1.54, 1.807) is 0 Å². The molecule has 0 fully saturated rings. The fourth-order valence-electron chi connectivity index (χ4n) is 1.99. The maximum atomic E-state index is 11.8. The third-order valence-corrected chi connectivity index (χ3v) is 3.80. The van der Waals surface area contributed by atoms with E-state index in [9.17, 15) is 4.79 Å². The number of thioether (sulfide) groups is 1. The second-order valence-electron chi connectivity index (χ2n) is 3.29. The zero-order valence-corrected chi connectivity index (χ0v) is 7.80. The number of carbonyl (C=O) groups excluding carboxylic acids is 1. The van der Waals surface area contributed by atoms with Crippen molar-refractivity contribution in [3.05, 3.63) is 47.0 Å². The summed E-state index contributed by atoms with van der Waals surface area (Å²) in [6, 6.07) is 7.94. The number of rotatable bonds is 0. The highest BCUT2D eigenvalue weighted by Crippen LogP contribution is 2.48. The molecule has 0 saturated carbocycles. The average molecular weight is 188 g/mol. The van der Waals surface area contributed by atoms with Crippen molar-refractivity contribution >= 4 is 17.5 Å². The molecule has 0 aromatic heterocycles. The number of benzene rings is 1. The molecule has 1 aromatic rings. The first-order chi connectivity index (χ1) is 6.38. The molecular weight excluding hydrogens is 180 g/mol. The second kappa shape index (κ2) is 2.48. The van der Waals surface area contributed by atoms with Crippen molar-refractivity contribution in [1.82, 2.24) is 0 Å². The molecule has 1 nitrogen and oxygen atoms in total. The smallest absolute Gasteiger partial charge is 0.190 e. The van der Waals surface area contributed by atoms with Gasteiger partial charge < -0.3 is 0 Å². The Kier molecular flexibility index (Phi) is 1.41. The molecule has 2 heteroatoms. The zero-order chi connectivity index (χ0) is 8.84. The second-order valence-corrected chi connectivity index (χ2v) is 4.43. The molecule has 1 unspecified atom stereocenters. The minimum absolute atomic E-state index is 0.241. The summed E-state index contributed by atoms with van der Waals surface area (Å²) in [5.41, 5.74) is 3.12. The van der Waals surface area contributed by atoms with Crippen LogP contribution < -0.4 is 0 Å². The normalized spacial score (nSPS) is 24.2. The van der Waals surface area contributed by atoms with Crippen molar-refractivity contribution in [2.45, 2.75) is 5.25 Å². The van der Waals surface area contributed by atoms with Gasteiger partial charge in [0, 0.05) is 16.9 Å². The highest BCUT2D eigenvalue weighted by atomic mass is 32.2. The van der Waals surface area contributed by atoms with Crippen molar-refractivity contribution in [3.63, 3.8) is 0 Å². The van der Waals surface area contributed by atoms with Crippen LogP contribution in [0.3, 0.4) is 0 Å². The van der Waals surface area contributed by atoms with Gasteiger partial charge in [0.05, 0.1) is 5.25 Å². The predicted octanol–water partition coefficient (Wildman–Crippen LogP) is 2.60. The number of hydrogen-bond acceptors (Lipinski definition) is 2. The largest absolute Gasteiger partial charge is 0.289 e. The van der Waals surface area contributed by atoms with Gasteiger partial charge in [-0.1, -0.05) is 30.3 Å². The van der Waals surface area contributed by atoms with Crippen molar-refractivity contribution < 1.29 is 4.79 Å². The van der Waals surface area contributed by atoms with Gasteiger partial charge in [-0.25, -0.2) is 0 Å². The van der Waals surface area contributed by atoms with E-state index in [0.717, 1.165) is 16.9 Å². The Morgan fingerprint density at radius 1 is 1.31 bits per heavy atom. The van der Waals surface area contributed by atoms with Gasteiger partial charge in [-0.3, -0.25) is 4.79 Å². The van der Waals surface area contributed by atoms with Crippen LogP contribution in [0.2, 0.25) is 0 Å². The number of Topliss-reactive ketones (excluding diaryl/α,β-unsaturated/α-hetero) is 1. The monoisotopic (exact) mass is 188 g/mol. The molecule has 0 saturated heterocycles. The van der Waals surface area contributed by atoms with E-state index in [2.05, 4.69) is 12.1 Å². The van der Waals surface area contributed by atoms with Crippen LogP contribution in [0, 0.1) is 0 Å². The predicted molar refractivity (Wildman–Crippen MR) is 54.1 cm³/mol. The van der Waals surface area contributed by atoms with Crippen molar-refractivity contribution in [2.75, 3.05) is 5.75 Å². The Labute approximate surface area is 80.8 Å². The molecule has 2 aliphatic rings. The van der Waals surface area contributed by atoms with E-state index in [0.29, 0.717) is 5.25 Å². The fraction of sp³-hybridized carbons (Fsp3) is 0.182. The van der Waals surface area contributed by atoms with Gasteiger partial charge in [0.2, 0.25) is 0 Å². The van der Waals surface area contributed by atoms with Gasteiger partial charge in [0.25, 0.3) is 0 Å². The standard InChI is InChI=1S/C11H8OS/c12-10-7-3-1-2-4-8(7)11-9(10)5-6-13-11/h1-5,11H,6H2. The number of fused-ring (bicyclic) bond motifs is 3. The van der Waals surface area contributed by atoms with Crippen LogP contribution in [0.15, 0.2) is 35.9 Å². The molecule has 3 rings (SSSR count). The van der Waals surface area contributed by atoms with Crippen molar-refractivity contribution in [2.24, 2.45) is 0 Å². The molecule has 0 spiro atoms. The van der Waals surface area contributed by atoms with E-state index in [4.69, 9.17) is 0 Å². The SMILES string of the molecule is O=C1C2=CCSC2c2ccccc21. The van der Waals surface area contributed by atoms with Gasteiger partial charge in [0.1, 0.15) is 0 Å². The van der Waals surface area contributed by atoms with Crippen molar-refractivity contribution in [3.8, 4) is 0 Å². The molecular formula is C11H8OS. The van der Waals surface area contributed by atoms with E-state index in [1.807, 2.05) is 30.0 Å². The van der Waals surface area contributed by atoms with Gasteiger partial charge >= 0.3 is 0 Å². The number of hydrogen-bond donors (Lipinski definition) is 0. The van der Waals surface area contributed by atoms with Crippen LogP contribution in [0.4, 0.5) is 0 Å². The molecule has 13 heavy (non-hydrogen) atoms. The van der Waals surface area contributed by atoms with E-state index in [1.165, 1.54) is 5.56 Å². The third-order valence-electron chi connectivity index (χ3n) is 2.60. The van der Waals surface area contributed by atoms with Crippen molar-refractivity contribution in [1.29, 1.82) is 0 Å². The van der Waals surface area contributed by atoms with Crippen LogP contribution in [0.25, 0.3) is 0 Å². The molecule has 0 radical (unpaired) electrons. The molecule has 0 bridgehead atoms. The van der Waals surface area contributed by atoms with E-state index < -0.39 is 0 Å². The van der Waals surface area contributed by atoms with Crippen LogP contribution in [0.5, 0.6) is 0 Å². The number of ketones is 1. The molecule has 1 aliphatic carbocycles. The maximum Gasteiger partial charge on any atom is 0.190 e. The molecule has 1 aliphatic heterocycles. The Bertz CT molecular complexity index is 420. The summed E-state index contributed by atoms with van der Waals surface area (Å²) in [5, 5.41) is 0.337. The fourth-order valence-corrected chi connectivity index (χ4v) is 3.22. The zero-order valence-electron chi connectivity index (χ0n) is 6.99. The lowest BCUT2D eigenvalue weighted by molar-refractivity contribution is 0.103. The lowest BCUT2D eigenvalue weighted by Gasteiger charge is -2.03. The van der Waals surface area contributed by atoms with Crippen LogP contribution in [0.1, 0.15) is 21.2 Å². The third kappa shape index (κ3) is 0.866. The van der Waals surface area contributed by atoms with Gasteiger partial charge in [-0.15, -0.1) is 11.8 Å². The van der Waals surface area contributed by atoms with Crippen LogP contribution >= 0.6 is 11.8 Å². The molecule has 1 aromatic carbocycles. The molecule has 0 amide bonds. The van der Waals surface area contributed by atoms with Crippen LogP contribution in [-0.2, 0) is 0 Å². The first-order valence-corrected chi connectivity index (χ1v) is 5.38. The summed E-state index contributed by atoms with van der Waals surface area (Å²) >= 11 is 1.85. The molecule has 1 heterocycles. The molecule has 0 N–H and O–H groups in total. The Morgan fingerprint density at radius 2 is 2.15 bits per heavy atom. The summed E-state index contributed by atoms with van der Waals surface area (Å²) in [7, 11) is 0. The molecule has 1 atom stereocenters. The topological polar surface area (TPSA) is 17.1 Å². The van der Waals surface area contributed by atoms with E-state index in [-0.39, 0.29) is 5.78 Å². The highest BCUT2D eigenvalue weighted by molar-refractivity contribution is 8.00. The first kappa shape index (κ1) is 7.39. The lowest BCUT2D eigenvalue weighted by Crippen LogP contribution is -1.93. The first-order valence-electron chi connectivity index (χ1n) is 4.33. The minimum atomic E-state index is 0.241. The maximum absolute atomic E-state index is 11.8. The highest BCUT2D eigenvalue weighted by Gasteiger charge is 2.36. The molecule has 64 valence electrons. The summed E-state index contributed by atoms with van der Waals surface area (Å²) in [5.74, 6) is 1.23. The number of carbonyl (C=O) groups is 1. The summed E-state index contributed by atoms with van der Waals surface area (Å²) in [6.07, 6.45) is 2.07. The Morgan fingerprint density at radius 3 is 3.08 bits per heavy atom.